The van der Waals surface area contributed by atoms with Crippen molar-refractivity contribution < 1.29 is 0 Å². The predicted molar refractivity (Wildman–Crippen MR) is 59.4 cm³/mol. The van der Waals surface area contributed by atoms with Crippen LogP contribution in [0.3, 0.4) is 0 Å². The molecule has 0 aromatic rings. The van der Waals surface area contributed by atoms with E-state index in [1.54, 1.807) is 12.1 Å². The van der Waals surface area contributed by atoms with Crippen molar-refractivity contribution >= 4 is 8.07 Å². The largest absolute Gasteiger partial charge is 0.0652 e. The Morgan fingerprint density at radius 3 is 1.42 bits per heavy atom. The van der Waals surface area contributed by atoms with Crippen LogP contribution in [0.25, 0.3) is 0 Å². The highest BCUT2D eigenvalue weighted by atomic mass is 28.3. The summed E-state index contributed by atoms with van der Waals surface area (Å²) in [6, 6.07) is 3.23. The van der Waals surface area contributed by atoms with Crippen LogP contribution in [0, 0.1) is 0 Å². The maximum Gasteiger partial charge on any atom is 0.0587 e. The molecule has 1 aliphatic heterocycles. The summed E-state index contributed by atoms with van der Waals surface area (Å²) in [7, 11) is -0.837. The molecule has 0 aromatic heterocycles. The summed E-state index contributed by atoms with van der Waals surface area (Å²) in [5, 5.41) is 0. The summed E-state index contributed by atoms with van der Waals surface area (Å²) < 4.78 is 0. The van der Waals surface area contributed by atoms with E-state index in [-0.39, 0.29) is 0 Å². The molecule has 0 radical (unpaired) electrons. The lowest BCUT2D eigenvalue weighted by Gasteiger charge is -2.42. The zero-order valence-electron chi connectivity index (χ0n) is 9.19. The normalized spacial score (nSPS) is 23.5. The van der Waals surface area contributed by atoms with Crippen LogP contribution in [-0.4, -0.2) is 8.07 Å². The van der Waals surface area contributed by atoms with Crippen molar-refractivity contribution in [3.05, 3.63) is 0 Å². The molecule has 0 amide bonds. The topological polar surface area (TPSA) is 0 Å². The lowest BCUT2D eigenvalue weighted by Crippen LogP contribution is -2.42. The maximum absolute atomic E-state index is 2.47. The van der Waals surface area contributed by atoms with E-state index in [4.69, 9.17) is 0 Å². The molecule has 12 heavy (non-hydrogen) atoms. The van der Waals surface area contributed by atoms with Gasteiger partial charge in [0, 0.05) is 0 Å². The lowest BCUT2D eigenvalue weighted by molar-refractivity contribution is 0.670. The molecule has 1 heteroatoms. The second-order valence-corrected chi connectivity index (χ2v) is 10.9. The molecule has 0 spiro atoms. The first-order valence-electron chi connectivity index (χ1n) is 5.59. The van der Waals surface area contributed by atoms with Gasteiger partial charge in [0.25, 0.3) is 0 Å². The monoisotopic (exact) mass is 184 g/mol. The van der Waals surface area contributed by atoms with Crippen LogP contribution < -0.4 is 0 Å². The Morgan fingerprint density at radius 2 is 1.17 bits per heavy atom. The van der Waals surface area contributed by atoms with E-state index in [0.29, 0.717) is 0 Å². The van der Waals surface area contributed by atoms with E-state index in [2.05, 4.69) is 27.7 Å². The van der Waals surface area contributed by atoms with E-state index >= 15 is 0 Å². The molecule has 0 nitrogen and oxygen atoms in total. The van der Waals surface area contributed by atoms with Crippen molar-refractivity contribution in [2.45, 2.75) is 70.1 Å². The Kier molecular flexibility index (Phi) is 3.39. The highest BCUT2D eigenvalue weighted by Crippen LogP contribution is 2.44. The minimum atomic E-state index is -0.837. The Bertz CT molecular complexity index is 122. The van der Waals surface area contributed by atoms with Gasteiger partial charge in [0.2, 0.25) is 0 Å². The summed E-state index contributed by atoms with van der Waals surface area (Å²) in [5.74, 6) is 0. The third kappa shape index (κ3) is 1.76. The predicted octanol–water partition coefficient (Wildman–Crippen LogP) is 4.44. The van der Waals surface area contributed by atoms with Gasteiger partial charge in [-0.1, -0.05) is 70.1 Å². The van der Waals surface area contributed by atoms with Crippen molar-refractivity contribution in [1.82, 2.24) is 0 Å². The van der Waals surface area contributed by atoms with Gasteiger partial charge in [-0.15, -0.1) is 0 Å². The van der Waals surface area contributed by atoms with E-state index in [9.17, 15) is 0 Å². The standard InChI is InChI=1S/C11H24Si/c1-10(2)12(11(3)4)8-6-5-7-9-12/h10-11H,5-9H2,1-4H3. The Balaban J connectivity index is 2.70. The SMILES string of the molecule is CC(C)[Si]1(C(C)C)CCCCC1. The first-order valence-corrected chi connectivity index (χ1v) is 8.16. The third-order valence-corrected chi connectivity index (χ3v) is 11.3. The minimum absolute atomic E-state index is 0.837. The molecule has 1 heterocycles. The smallest absolute Gasteiger partial charge is 0.0587 e. The average molecular weight is 184 g/mol. The molecule has 1 aliphatic rings. The second-order valence-electron chi connectivity index (χ2n) is 5.10. The van der Waals surface area contributed by atoms with Crippen molar-refractivity contribution in [1.29, 1.82) is 0 Å². The molecule has 1 saturated heterocycles. The summed E-state index contributed by atoms with van der Waals surface area (Å²) in [5.41, 5.74) is 2.02. The van der Waals surface area contributed by atoms with Crippen molar-refractivity contribution in [2.24, 2.45) is 0 Å². The molecule has 72 valence electrons. The summed E-state index contributed by atoms with van der Waals surface area (Å²) in [6.45, 7) is 9.88. The van der Waals surface area contributed by atoms with Gasteiger partial charge in [0.1, 0.15) is 0 Å². The Morgan fingerprint density at radius 1 is 0.750 bits per heavy atom. The number of hydrogen-bond acceptors (Lipinski definition) is 0. The van der Waals surface area contributed by atoms with Gasteiger partial charge in [-0.25, -0.2) is 0 Å². The van der Waals surface area contributed by atoms with Crippen LogP contribution in [0.15, 0.2) is 0 Å². The molecule has 1 rings (SSSR count). The fraction of sp³-hybridized carbons (Fsp3) is 1.00. The number of rotatable bonds is 2. The molecule has 1 fully saturated rings. The van der Waals surface area contributed by atoms with Crippen LogP contribution in [-0.2, 0) is 0 Å². The fourth-order valence-electron chi connectivity index (χ4n) is 3.03. The van der Waals surface area contributed by atoms with E-state index in [1.165, 1.54) is 19.3 Å². The molecule has 0 aliphatic carbocycles. The van der Waals surface area contributed by atoms with Crippen LogP contribution in [0.5, 0.6) is 0 Å². The quantitative estimate of drug-likeness (QED) is 0.557. The minimum Gasteiger partial charge on any atom is -0.0652 e. The zero-order valence-corrected chi connectivity index (χ0v) is 10.2. The maximum atomic E-state index is 2.47. The highest BCUT2D eigenvalue weighted by molar-refractivity contribution is 6.82. The van der Waals surface area contributed by atoms with Crippen LogP contribution >= 0.6 is 0 Å². The fourth-order valence-corrected chi connectivity index (χ4v) is 8.74. The van der Waals surface area contributed by atoms with Crippen molar-refractivity contribution in [3.8, 4) is 0 Å². The third-order valence-electron chi connectivity index (χ3n) is 4.08. The van der Waals surface area contributed by atoms with Gasteiger partial charge in [0.15, 0.2) is 0 Å². The van der Waals surface area contributed by atoms with Gasteiger partial charge in [-0.05, 0) is 0 Å². The van der Waals surface area contributed by atoms with Gasteiger partial charge < -0.3 is 0 Å². The molecular weight excluding hydrogens is 160 g/mol. The van der Waals surface area contributed by atoms with Crippen LogP contribution in [0.2, 0.25) is 23.2 Å². The molecule has 0 aromatic carbocycles. The summed E-state index contributed by atoms with van der Waals surface area (Å²) in [4.78, 5) is 0. The average Bonchev–Trinajstić information content (AvgIpc) is 2.05. The number of hydrogen-bond donors (Lipinski definition) is 0. The Labute approximate surface area is 78.8 Å². The van der Waals surface area contributed by atoms with Crippen molar-refractivity contribution in [2.75, 3.05) is 0 Å². The molecule has 0 bridgehead atoms. The molecule has 0 saturated carbocycles. The second kappa shape index (κ2) is 3.95. The van der Waals surface area contributed by atoms with Gasteiger partial charge in [-0.3, -0.25) is 0 Å². The highest BCUT2D eigenvalue weighted by Gasteiger charge is 2.39. The van der Waals surface area contributed by atoms with Crippen LogP contribution in [0.1, 0.15) is 47.0 Å². The summed E-state index contributed by atoms with van der Waals surface area (Å²) >= 11 is 0. The first-order chi connectivity index (χ1) is 5.59. The van der Waals surface area contributed by atoms with E-state index in [0.717, 1.165) is 11.1 Å². The van der Waals surface area contributed by atoms with E-state index in [1.807, 2.05) is 0 Å². The van der Waals surface area contributed by atoms with Gasteiger partial charge in [-0.2, -0.15) is 0 Å². The van der Waals surface area contributed by atoms with Gasteiger partial charge in [0.05, 0.1) is 8.07 Å². The first kappa shape index (κ1) is 10.3. The van der Waals surface area contributed by atoms with E-state index < -0.39 is 8.07 Å². The molecule has 0 atom stereocenters. The zero-order chi connectivity index (χ0) is 9.19. The molecular formula is C11H24Si. The summed E-state index contributed by atoms with van der Waals surface area (Å²) in [6.07, 6.45) is 4.57. The molecule has 0 N–H and O–H groups in total. The molecule has 0 unspecified atom stereocenters. The van der Waals surface area contributed by atoms with Gasteiger partial charge >= 0.3 is 0 Å². The van der Waals surface area contributed by atoms with Crippen molar-refractivity contribution in [3.63, 3.8) is 0 Å². The van der Waals surface area contributed by atoms with Crippen LogP contribution in [0.4, 0.5) is 0 Å². The Hall–Kier alpha value is 0.217. The lowest BCUT2D eigenvalue weighted by atomic mass is 10.3.